The lowest BCUT2D eigenvalue weighted by atomic mass is 9.86. The third kappa shape index (κ3) is 7.31. The molecule has 0 aliphatic carbocycles. The maximum absolute atomic E-state index is 13.9. The number of halogens is 19. The van der Waals surface area contributed by atoms with Crippen LogP contribution in [0.5, 0.6) is 0 Å². The van der Waals surface area contributed by atoms with Gasteiger partial charge in [0.25, 0.3) is 0 Å². The zero-order valence-corrected chi connectivity index (χ0v) is 22.0. The highest BCUT2D eigenvalue weighted by molar-refractivity contribution is 5.16. The number of hydrogen-bond acceptors (Lipinski definition) is 0. The lowest BCUT2D eigenvalue weighted by Gasteiger charge is -2.43. The fraction of sp³-hybridized carbons (Fsp3) is 1.00. The molecule has 0 bridgehead atoms. The van der Waals surface area contributed by atoms with Crippen molar-refractivity contribution >= 4 is 0 Å². The minimum atomic E-state index is -8.87. The van der Waals surface area contributed by atoms with Gasteiger partial charge in [0.05, 0.1) is 0 Å². The van der Waals surface area contributed by atoms with Crippen molar-refractivity contribution in [2.45, 2.75) is 138 Å². The summed E-state index contributed by atoms with van der Waals surface area (Å²) in [6, 6.07) is 0. The molecule has 0 nitrogen and oxygen atoms in total. The fourth-order valence-corrected chi connectivity index (χ4v) is 3.66. The number of rotatable bonds is 19. The van der Waals surface area contributed by atoms with Crippen LogP contribution in [0, 0.1) is 5.92 Å². The largest absolute Gasteiger partial charge is 0.460 e. The van der Waals surface area contributed by atoms with Gasteiger partial charge in [-0.25, -0.2) is 0 Å². The van der Waals surface area contributed by atoms with Gasteiger partial charge in [-0.05, 0) is 12.3 Å². The number of alkyl halides is 19. The molecule has 0 aliphatic heterocycles. The average Bonchev–Trinajstić information content (AvgIpc) is 2.83. The Bertz CT molecular complexity index is 828. The van der Waals surface area contributed by atoms with Crippen molar-refractivity contribution < 1.29 is 83.4 Å². The number of unbranched alkanes of at least 4 members (excludes halogenated alkanes) is 7. The molecular formula is C23H29F19. The Morgan fingerprint density at radius 2 is 0.667 bits per heavy atom. The highest BCUT2D eigenvalue weighted by Crippen LogP contribution is 2.65. The third-order valence-corrected chi connectivity index (χ3v) is 6.82. The Morgan fingerprint density at radius 1 is 0.381 bits per heavy atom. The molecule has 0 heterocycles. The van der Waals surface area contributed by atoms with Gasteiger partial charge >= 0.3 is 53.6 Å². The molecule has 19 heteroatoms. The fourth-order valence-electron chi connectivity index (χ4n) is 3.66. The van der Waals surface area contributed by atoms with Crippen molar-refractivity contribution in [3.8, 4) is 0 Å². The Balaban J connectivity index is 5.65. The molecule has 1 atom stereocenters. The second-order valence-corrected chi connectivity index (χ2v) is 10.1. The van der Waals surface area contributed by atoms with E-state index >= 15 is 0 Å². The molecule has 0 spiro atoms. The summed E-state index contributed by atoms with van der Waals surface area (Å²) in [5, 5.41) is 0. The second kappa shape index (κ2) is 13.3. The van der Waals surface area contributed by atoms with Crippen LogP contribution in [-0.4, -0.2) is 53.6 Å². The molecule has 0 aliphatic rings. The van der Waals surface area contributed by atoms with Gasteiger partial charge in [-0.3, -0.25) is 0 Å². The van der Waals surface area contributed by atoms with Crippen molar-refractivity contribution in [2.24, 2.45) is 5.92 Å². The second-order valence-electron chi connectivity index (χ2n) is 10.1. The van der Waals surface area contributed by atoms with E-state index in [2.05, 4.69) is 0 Å². The summed E-state index contributed by atoms with van der Waals surface area (Å²) in [5.41, 5.74) is 0. The molecule has 0 rings (SSSR count). The molecule has 0 amide bonds. The molecule has 254 valence electrons. The highest BCUT2D eigenvalue weighted by atomic mass is 19.4. The van der Waals surface area contributed by atoms with E-state index in [1.807, 2.05) is 13.8 Å². The summed E-state index contributed by atoms with van der Waals surface area (Å²) in [4.78, 5) is 0. The van der Waals surface area contributed by atoms with Crippen molar-refractivity contribution in [2.75, 3.05) is 0 Å². The van der Waals surface area contributed by atoms with Gasteiger partial charge in [0.2, 0.25) is 0 Å². The standard InChI is InChI=1S/C23H29F19/c1-3-14(2)12-10-8-6-4-5-7-9-11-13-15(24,25)16(26,27)17(28,29)18(30,31)19(32,33)20(34,35)21(36,37)22(38,39)23(40,41)42/h14H,3-13H2,1-2H3. The third-order valence-electron chi connectivity index (χ3n) is 6.82. The Labute approximate surface area is 228 Å². The summed E-state index contributed by atoms with van der Waals surface area (Å²) >= 11 is 0. The molecular weight excluding hydrogens is 637 g/mol. The van der Waals surface area contributed by atoms with E-state index in [0.29, 0.717) is 25.2 Å². The smallest absolute Gasteiger partial charge is 0.200 e. The summed E-state index contributed by atoms with van der Waals surface area (Å²) < 4.78 is 253. The molecule has 1 unspecified atom stereocenters. The lowest BCUT2D eigenvalue weighted by molar-refractivity contribution is -0.468. The quantitative estimate of drug-likeness (QED) is 0.0951. The van der Waals surface area contributed by atoms with E-state index in [-0.39, 0.29) is 6.42 Å². The topological polar surface area (TPSA) is 0 Å². The Hall–Kier alpha value is -1.33. The molecule has 0 fully saturated rings. The first-order valence-corrected chi connectivity index (χ1v) is 12.5. The minimum Gasteiger partial charge on any atom is -0.200 e. The molecule has 0 radical (unpaired) electrons. The van der Waals surface area contributed by atoms with Crippen LogP contribution >= 0.6 is 0 Å². The Morgan fingerprint density at radius 3 is 1.00 bits per heavy atom. The van der Waals surface area contributed by atoms with Crippen molar-refractivity contribution in [1.82, 2.24) is 0 Å². The van der Waals surface area contributed by atoms with Crippen LogP contribution in [0.2, 0.25) is 0 Å². The monoisotopic (exact) mass is 666 g/mol. The van der Waals surface area contributed by atoms with Crippen LogP contribution in [0.3, 0.4) is 0 Å². The maximum Gasteiger partial charge on any atom is 0.460 e. The van der Waals surface area contributed by atoms with Crippen LogP contribution in [-0.2, 0) is 0 Å². The first-order valence-electron chi connectivity index (χ1n) is 12.5. The van der Waals surface area contributed by atoms with E-state index in [1.165, 1.54) is 0 Å². The van der Waals surface area contributed by atoms with Gasteiger partial charge < -0.3 is 0 Å². The van der Waals surface area contributed by atoms with E-state index in [0.717, 1.165) is 25.7 Å². The van der Waals surface area contributed by atoms with Gasteiger partial charge in [-0.1, -0.05) is 71.6 Å². The van der Waals surface area contributed by atoms with Crippen LogP contribution in [0.4, 0.5) is 83.4 Å². The maximum atomic E-state index is 13.9. The van der Waals surface area contributed by atoms with Gasteiger partial charge in [-0.15, -0.1) is 0 Å². The zero-order valence-electron chi connectivity index (χ0n) is 22.0. The van der Waals surface area contributed by atoms with Gasteiger partial charge in [-0.2, -0.15) is 83.4 Å². The first kappa shape index (κ1) is 40.7. The SMILES string of the molecule is CCC(C)CCCCCCCCCCC(F)(F)C(F)(F)C(F)(F)C(F)(F)C(F)(F)C(F)(F)C(F)(F)C(F)(F)C(F)(F)F. The van der Waals surface area contributed by atoms with E-state index in [4.69, 9.17) is 0 Å². The van der Waals surface area contributed by atoms with E-state index in [1.54, 1.807) is 0 Å². The summed E-state index contributed by atoms with van der Waals surface area (Å²) in [5.74, 6) is -65.4. The molecule has 42 heavy (non-hydrogen) atoms. The average molecular weight is 666 g/mol. The predicted molar refractivity (Wildman–Crippen MR) is 111 cm³/mol. The summed E-state index contributed by atoms with van der Waals surface area (Å²) in [7, 11) is 0. The van der Waals surface area contributed by atoms with Crippen LogP contribution < -0.4 is 0 Å². The Kier molecular flexibility index (Phi) is 12.9. The molecule has 0 aromatic carbocycles. The number of hydrogen-bond donors (Lipinski definition) is 0. The lowest BCUT2D eigenvalue weighted by Crippen LogP contribution is -2.75. The summed E-state index contributed by atoms with van der Waals surface area (Å²) in [6.07, 6.45) is -6.61. The van der Waals surface area contributed by atoms with Crippen molar-refractivity contribution in [1.29, 1.82) is 0 Å². The normalized spacial score (nSPS) is 16.2. The molecule has 0 saturated carbocycles. The molecule has 0 aromatic rings. The van der Waals surface area contributed by atoms with Crippen LogP contribution in [0.25, 0.3) is 0 Å². The van der Waals surface area contributed by atoms with Crippen LogP contribution in [0.15, 0.2) is 0 Å². The molecule has 0 aromatic heterocycles. The molecule has 0 N–H and O–H groups in total. The van der Waals surface area contributed by atoms with Crippen LogP contribution in [0.1, 0.15) is 84.5 Å². The summed E-state index contributed by atoms with van der Waals surface area (Å²) in [6.45, 7) is 4.04. The minimum absolute atomic E-state index is 0.0341. The highest BCUT2D eigenvalue weighted by Gasteiger charge is 2.96. The van der Waals surface area contributed by atoms with Gasteiger partial charge in [0.1, 0.15) is 0 Å². The van der Waals surface area contributed by atoms with Gasteiger partial charge in [0, 0.05) is 6.42 Å². The molecule has 0 saturated heterocycles. The van der Waals surface area contributed by atoms with E-state index in [9.17, 15) is 83.4 Å². The predicted octanol–water partition coefficient (Wildman–Crippen LogP) is 11.6. The van der Waals surface area contributed by atoms with Crippen molar-refractivity contribution in [3.63, 3.8) is 0 Å². The first-order chi connectivity index (χ1) is 18.5. The van der Waals surface area contributed by atoms with E-state index < -0.39 is 72.8 Å². The van der Waals surface area contributed by atoms with Crippen molar-refractivity contribution in [3.05, 3.63) is 0 Å². The van der Waals surface area contributed by atoms with Gasteiger partial charge in [0.15, 0.2) is 0 Å². The zero-order chi connectivity index (χ0) is 33.9.